The fourth-order valence-corrected chi connectivity index (χ4v) is 3.27. The van der Waals surface area contributed by atoms with Crippen molar-refractivity contribution in [3.05, 3.63) is 27.6 Å². The summed E-state index contributed by atoms with van der Waals surface area (Å²) in [4.78, 5) is 35.9. The lowest BCUT2D eigenvalue weighted by molar-refractivity contribution is -0.127. The minimum absolute atomic E-state index is 0.00874. The topological polar surface area (TPSA) is 80.6 Å². The average molecular weight is 325 g/mol. The highest BCUT2D eigenvalue weighted by Gasteiger charge is 2.37. The van der Waals surface area contributed by atoms with E-state index >= 15 is 0 Å². The molecule has 2 heterocycles. The van der Waals surface area contributed by atoms with Crippen molar-refractivity contribution in [2.75, 3.05) is 18.5 Å². The van der Waals surface area contributed by atoms with Gasteiger partial charge in [-0.3, -0.25) is 19.1 Å². The second-order valence-corrected chi connectivity index (χ2v) is 5.79. The third-order valence-electron chi connectivity index (χ3n) is 3.48. The first-order valence-electron chi connectivity index (χ1n) is 6.41. The molecule has 1 aliphatic heterocycles. The summed E-state index contributed by atoms with van der Waals surface area (Å²) in [6.07, 6.45) is -1.67. The molecule has 2 aromatic rings. The average Bonchev–Trinajstić information content (AvgIpc) is 2.99. The molecule has 1 atom stereocenters. The zero-order valence-corrected chi connectivity index (χ0v) is 12.6. The highest BCUT2D eigenvalue weighted by molar-refractivity contribution is 7.16. The Balaban J connectivity index is 2.02. The number of amides is 2. The van der Waals surface area contributed by atoms with Crippen LogP contribution in [0.15, 0.2) is 16.9 Å². The lowest BCUT2D eigenvalue weighted by Crippen LogP contribution is -2.35. The van der Waals surface area contributed by atoms with Gasteiger partial charge in [-0.05, 0) is 6.07 Å². The van der Waals surface area contributed by atoms with E-state index in [4.69, 9.17) is 4.74 Å². The number of nitrogens with one attached hydrogen (secondary N) is 1. The predicted octanol–water partition coefficient (Wildman–Crippen LogP) is 0.810. The van der Waals surface area contributed by atoms with Gasteiger partial charge in [0.15, 0.2) is 6.10 Å². The fraction of sp³-hybridized carbons (Fsp3) is 0.308. The molecule has 0 bridgehead atoms. The molecule has 1 aliphatic rings. The number of thiazole rings is 1. The normalized spacial score (nSPS) is 17.9. The number of hydrogen-bond donors (Lipinski definition) is 1. The Kier molecular flexibility index (Phi) is 3.36. The lowest BCUT2D eigenvalue weighted by atomic mass is 10.2. The maximum absolute atomic E-state index is 14.2. The van der Waals surface area contributed by atoms with Crippen molar-refractivity contribution in [2.45, 2.75) is 6.10 Å². The number of nitrogens with zero attached hydrogens (tertiary/aromatic N) is 2. The molecule has 0 aliphatic carbocycles. The lowest BCUT2D eigenvalue weighted by Gasteiger charge is -2.13. The van der Waals surface area contributed by atoms with Crippen molar-refractivity contribution < 1.29 is 18.7 Å². The van der Waals surface area contributed by atoms with Crippen LogP contribution in [0, 0.1) is 5.82 Å². The number of aromatic nitrogens is 1. The summed E-state index contributed by atoms with van der Waals surface area (Å²) in [6.45, 7) is -0.00874. The number of carbonyl (C=O) groups excluding carboxylic acids is 2. The second kappa shape index (κ2) is 5.09. The monoisotopic (exact) mass is 325 g/mol. The number of anilines is 1. The van der Waals surface area contributed by atoms with Crippen molar-refractivity contribution in [3.63, 3.8) is 0 Å². The molecule has 3 rings (SSSR count). The molecule has 1 fully saturated rings. The van der Waals surface area contributed by atoms with Crippen molar-refractivity contribution in [1.82, 2.24) is 9.88 Å². The van der Waals surface area contributed by atoms with Crippen LogP contribution in [0.3, 0.4) is 0 Å². The Morgan fingerprint density at radius 2 is 2.18 bits per heavy atom. The second-order valence-electron chi connectivity index (χ2n) is 4.80. The fourth-order valence-electron chi connectivity index (χ4n) is 2.34. The standard InChI is InChI=1S/C13H12FN3O4S/c1-15-11(18)8-5-17(12(19)21-8)6-3-7(14)10-9(4-6)22-13(20)16(10)2/h3-4,8H,5H2,1-2H3,(H,15,18)/t8-/m1/s1. The van der Waals surface area contributed by atoms with E-state index in [0.717, 1.165) is 17.4 Å². The Morgan fingerprint density at radius 3 is 2.86 bits per heavy atom. The maximum atomic E-state index is 14.2. The number of halogens is 1. The van der Waals surface area contributed by atoms with Gasteiger partial charge in [0.25, 0.3) is 5.91 Å². The van der Waals surface area contributed by atoms with Crippen LogP contribution in [0.1, 0.15) is 0 Å². The van der Waals surface area contributed by atoms with Gasteiger partial charge in [0, 0.05) is 20.2 Å². The van der Waals surface area contributed by atoms with Gasteiger partial charge in [0.1, 0.15) is 5.82 Å². The number of carbonyl (C=O) groups is 2. The minimum atomic E-state index is -0.939. The van der Waals surface area contributed by atoms with Crippen LogP contribution in [0.25, 0.3) is 10.2 Å². The van der Waals surface area contributed by atoms with Crippen molar-refractivity contribution >= 4 is 39.2 Å². The van der Waals surface area contributed by atoms with Crippen LogP contribution in [-0.2, 0) is 16.6 Å². The number of aryl methyl sites for hydroxylation is 1. The molecule has 0 unspecified atom stereocenters. The van der Waals surface area contributed by atoms with Gasteiger partial charge in [-0.25, -0.2) is 9.18 Å². The molecule has 116 valence electrons. The van der Waals surface area contributed by atoms with Gasteiger partial charge in [-0.1, -0.05) is 11.3 Å². The molecule has 0 saturated carbocycles. The molecule has 1 saturated heterocycles. The van der Waals surface area contributed by atoms with E-state index in [1.165, 1.54) is 29.6 Å². The number of ether oxygens (including phenoxy) is 1. The van der Waals surface area contributed by atoms with E-state index in [2.05, 4.69) is 5.32 Å². The molecular weight excluding hydrogens is 313 g/mol. The Labute approximate surface area is 127 Å². The summed E-state index contributed by atoms with van der Waals surface area (Å²) >= 11 is 0.888. The minimum Gasteiger partial charge on any atom is -0.434 e. The Bertz CT molecular complexity index is 844. The van der Waals surface area contributed by atoms with E-state index < -0.39 is 23.9 Å². The SMILES string of the molecule is CNC(=O)[C@H]1CN(c2cc(F)c3c(c2)sc(=O)n3C)C(=O)O1. The summed E-state index contributed by atoms with van der Waals surface area (Å²) < 4.78 is 20.8. The first kappa shape index (κ1) is 14.5. The Hall–Kier alpha value is -2.42. The van der Waals surface area contributed by atoms with Crippen molar-refractivity contribution in [3.8, 4) is 0 Å². The summed E-state index contributed by atoms with van der Waals surface area (Å²) in [7, 11) is 2.92. The van der Waals surface area contributed by atoms with Crippen LogP contribution >= 0.6 is 11.3 Å². The summed E-state index contributed by atoms with van der Waals surface area (Å²) in [5.41, 5.74) is 0.442. The number of hydrogen-bond acceptors (Lipinski definition) is 5. The Morgan fingerprint density at radius 1 is 1.45 bits per heavy atom. The summed E-state index contributed by atoms with van der Waals surface area (Å²) in [6, 6.07) is 2.69. The van der Waals surface area contributed by atoms with Crippen LogP contribution in [0.4, 0.5) is 14.9 Å². The van der Waals surface area contributed by atoms with Gasteiger partial charge in [0.2, 0.25) is 0 Å². The van der Waals surface area contributed by atoms with Crippen LogP contribution in [-0.4, -0.2) is 36.3 Å². The highest BCUT2D eigenvalue weighted by atomic mass is 32.1. The number of benzene rings is 1. The van der Waals surface area contributed by atoms with Gasteiger partial charge in [0.05, 0.1) is 22.4 Å². The van der Waals surface area contributed by atoms with Gasteiger partial charge in [-0.2, -0.15) is 0 Å². The van der Waals surface area contributed by atoms with E-state index in [0.29, 0.717) is 4.70 Å². The number of cyclic esters (lactones) is 1. The molecule has 0 radical (unpaired) electrons. The van der Waals surface area contributed by atoms with Gasteiger partial charge in [-0.15, -0.1) is 0 Å². The van der Waals surface area contributed by atoms with E-state index in [-0.39, 0.29) is 22.6 Å². The van der Waals surface area contributed by atoms with Crippen LogP contribution in [0.5, 0.6) is 0 Å². The molecule has 2 amide bonds. The number of fused-ring (bicyclic) bond motifs is 1. The molecule has 1 N–H and O–H groups in total. The quantitative estimate of drug-likeness (QED) is 0.886. The van der Waals surface area contributed by atoms with E-state index in [1.54, 1.807) is 0 Å². The maximum Gasteiger partial charge on any atom is 0.415 e. The van der Waals surface area contributed by atoms with Crippen molar-refractivity contribution in [2.24, 2.45) is 7.05 Å². The zero-order valence-electron chi connectivity index (χ0n) is 11.8. The van der Waals surface area contributed by atoms with Gasteiger partial charge >= 0.3 is 11.0 Å². The largest absolute Gasteiger partial charge is 0.434 e. The van der Waals surface area contributed by atoms with Crippen LogP contribution < -0.4 is 15.1 Å². The highest BCUT2D eigenvalue weighted by Crippen LogP contribution is 2.29. The molecule has 9 heteroatoms. The van der Waals surface area contributed by atoms with Crippen LogP contribution in [0.2, 0.25) is 0 Å². The van der Waals surface area contributed by atoms with E-state index in [9.17, 15) is 18.8 Å². The number of likely N-dealkylation sites (N-methyl/N-ethyl adjacent to an activating group) is 1. The first-order chi connectivity index (χ1) is 10.4. The summed E-state index contributed by atoms with van der Waals surface area (Å²) in [5.74, 6) is -1.04. The van der Waals surface area contributed by atoms with Crippen molar-refractivity contribution in [1.29, 1.82) is 0 Å². The number of rotatable bonds is 2. The first-order valence-corrected chi connectivity index (χ1v) is 7.23. The molecule has 22 heavy (non-hydrogen) atoms. The molecule has 1 aromatic carbocycles. The smallest absolute Gasteiger partial charge is 0.415 e. The predicted molar refractivity (Wildman–Crippen MR) is 78.7 cm³/mol. The van der Waals surface area contributed by atoms with E-state index in [1.807, 2.05) is 0 Å². The molecular formula is C13H12FN3O4S. The third-order valence-corrected chi connectivity index (χ3v) is 4.46. The zero-order chi connectivity index (χ0) is 16.0. The summed E-state index contributed by atoms with van der Waals surface area (Å²) in [5, 5.41) is 2.39. The molecule has 0 spiro atoms. The molecule has 7 nitrogen and oxygen atoms in total. The molecule has 1 aromatic heterocycles. The third kappa shape index (κ3) is 2.13. The van der Waals surface area contributed by atoms with Gasteiger partial charge < -0.3 is 10.1 Å².